The summed E-state index contributed by atoms with van der Waals surface area (Å²) in [6.45, 7) is 1.67. The van der Waals surface area contributed by atoms with Gasteiger partial charge >= 0.3 is 0 Å². The second kappa shape index (κ2) is 6.87. The molecule has 0 unspecified atom stereocenters. The van der Waals surface area contributed by atoms with Crippen molar-refractivity contribution in [1.29, 1.82) is 0 Å². The number of carbonyl (C=O) groups is 1. The van der Waals surface area contributed by atoms with Gasteiger partial charge in [0.1, 0.15) is 5.02 Å². The summed E-state index contributed by atoms with van der Waals surface area (Å²) >= 11 is 5.73. The number of hydrogen-bond donors (Lipinski definition) is 1. The number of anilines is 1. The van der Waals surface area contributed by atoms with Gasteiger partial charge in [0.25, 0.3) is 11.6 Å². The molecule has 22 heavy (non-hydrogen) atoms. The molecular weight excluding hydrogens is 304 g/mol. The zero-order valence-corrected chi connectivity index (χ0v) is 12.5. The van der Waals surface area contributed by atoms with Gasteiger partial charge in [0, 0.05) is 17.3 Å². The molecule has 1 N–H and O–H groups in total. The van der Waals surface area contributed by atoms with E-state index in [0.29, 0.717) is 11.3 Å². The van der Waals surface area contributed by atoms with E-state index in [1.54, 1.807) is 13.0 Å². The average molecular weight is 317 g/mol. The van der Waals surface area contributed by atoms with Gasteiger partial charge < -0.3 is 5.32 Å². The molecule has 2 rings (SSSR count). The monoisotopic (exact) mass is 316 g/mol. The summed E-state index contributed by atoms with van der Waals surface area (Å²) in [6.07, 6.45) is 1.74. The third-order valence-corrected chi connectivity index (χ3v) is 3.26. The molecule has 112 valence electrons. The molecular formula is C16H13ClN2O3. The molecule has 2 aromatic rings. The lowest BCUT2D eigenvalue weighted by Gasteiger charge is -2.06. The lowest BCUT2D eigenvalue weighted by Crippen LogP contribution is -2.12. The number of benzene rings is 2. The van der Waals surface area contributed by atoms with Crippen LogP contribution in [0.2, 0.25) is 5.02 Å². The van der Waals surface area contributed by atoms with Crippen LogP contribution in [0.3, 0.4) is 0 Å². The number of nitro benzene ring substituents is 1. The van der Waals surface area contributed by atoms with E-state index in [1.165, 1.54) is 18.2 Å². The van der Waals surface area contributed by atoms with Crippen LogP contribution in [0.25, 0.3) is 6.08 Å². The van der Waals surface area contributed by atoms with Gasteiger partial charge in [-0.2, -0.15) is 0 Å². The topological polar surface area (TPSA) is 72.2 Å². The number of rotatable bonds is 4. The molecule has 6 heteroatoms. The van der Waals surface area contributed by atoms with E-state index in [9.17, 15) is 14.9 Å². The molecule has 0 spiro atoms. The number of halogens is 1. The Bertz CT molecular complexity index is 742. The maximum absolute atomic E-state index is 12.1. The Kier molecular flexibility index (Phi) is 4.91. The highest BCUT2D eigenvalue weighted by molar-refractivity contribution is 6.32. The van der Waals surface area contributed by atoms with Crippen molar-refractivity contribution < 1.29 is 9.72 Å². The molecule has 0 aliphatic rings. The average Bonchev–Trinajstić information content (AvgIpc) is 2.49. The van der Waals surface area contributed by atoms with Crippen molar-refractivity contribution in [2.45, 2.75) is 6.92 Å². The van der Waals surface area contributed by atoms with Crippen LogP contribution < -0.4 is 5.32 Å². The first-order valence-electron chi connectivity index (χ1n) is 6.46. The standard InChI is InChI=1S/C16H13ClN2O3/c1-11(9-12-5-3-2-4-6-12)16(20)18-13-7-8-14(17)15(10-13)19(21)22/h2-10H,1H3,(H,18,20)/b11-9+. The Morgan fingerprint density at radius 3 is 2.55 bits per heavy atom. The Morgan fingerprint density at radius 1 is 1.23 bits per heavy atom. The fourth-order valence-electron chi connectivity index (χ4n) is 1.82. The van der Waals surface area contributed by atoms with Crippen molar-refractivity contribution in [2.24, 2.45) is 0 Å². The number of nitro groups is 1. The molecule has 0 aromatic heterocycles. The van der Waals surface area contributed by atoms with E-state index in [4.69, 9.17) is 11.6 Å². The summed E-state index contributed by atoms with van der Waals surface area (Å²) in [5, 5.41) is 13.5. The van der Waals surface area contributed by atoms with Gasteiger partial charge in [0.2, 0.25) is 0 Å². The highest BCUT2D eigenvalue weighted by atomic mass is 35.5. The van der Waals surface area contributed by atoms with Crippen molar-refractivity contribution in [3.8, 4) is 0 Å². The normalized spacial score (nSPS) is 11.1. The Labute approximate surface area is 132 Å². The van der Waals surface area contributed by atoms with E-state index < -0.39 is 4.92 Å². The van der Waals surface area contributed by atoms with Gasteiger partial charge in [-0.25, -0.2) is 0 Å². The van der Waals surface area contributed by atoms with Crippen LogP contribution in [0, 0.1) is 10.1 Å². The largest absolute Gasteiger partial charge is 0.322 e. The van der Waals surface area contributed by atoms with Crippen molar-refractivity contribution in [3.05, 3.63) is 74.8 Å². The second-order valence-electron chi connectivity index (χ2n) is 4.62. The summed E-state index contributed by atoms with van der Waals surface area (Å²) in [7, 11) is 0. The Hall–Kier alpha value is -2.66. The van der Waals surface area contributed by atoms with Crippen molar-refractivity contribution in [2.75, 3.05) is 5.32 Å². The quantitative estimate of drug-likeness (QED) is 0.519. The molecule has 0 radical (unpaired) electrons. The van der Waals surface area contributed by atoms with E-state index in [1.807, 2.05) is 30.3 Å². The highest BCUT2D eigenvalue weighted by Crippen LogP contribution is 2.27. The minimum atomic E-state index is -0.593. The highest BCUT2D eigenvalue weighted by Gasteiger charge is 2.14. The summed E-state index contributed by atoms with van der Waals surface area (Å²) in [6, 6.07) is 13.5. The molecule has 2 aromatic carbocycles. The maximum atomic E-state index is 12.1. The van der Waals surface area contributed by atoms with Gasteiger partial charge in [-0.05, 0) is 30.7 Å². The van der Waals surface area contributed by atoms with Crippen LogP contribution in [-0.2, 0) is 4.79 Å². The minimum absolute atomic E-state index is 0.0274. The van der Waals surface area contributed by atoms with Crippen LogP contribution in [0.1, 0.15) is 12.5 Å². The van der Waals surface area contributed by atoms with Crippen molar-refractivity contribution in [1.82, 2.24) is 0 Å². The van der Waals surface area contributed by atoms with Crippen molar-refractivity contribution in [3.63, 3.8) is 0 Å². The zero-order chi connectivity index (χ0) is 16.1. The summed E-state index contributed by atoms with van der Waals surface area (Å²) in [4.78, 5) is 22.3. The molecule has 0 bridgehead atoms. The zero-order valence-electron chi connectivity index (χ0n) is 11.7. The third kappa shape index (κ3) is 3.93. The van der Waals surface area contributed by atoms with E-state index >= 15 is 0 Å². The lowest BCUT2D eigenvalue weighted by molar-refractivity contribution is -0.384. The van der Waals surface area contributed by atoms with Crippen LogP contribution >= 0.6 is 11.6 Å². The number of carbonyl (C=O) groups excluding carboxylic acids is 1. The van der Waals surface area contributed by atoms with Gasteiger partial charge in [-0.3, -0.25) is 14.9 Å². The minimum Gasteiger partial charge on any atom is -0.322 e. The smallest absolute Gasteiger partial charge is 0.289 e. The first kappa shape index (κ1) is 15.7. The Morgan fingerprint density at radius 2 is 1.91 bits per heavy atom. The molecule has 0 aliphatic carbocycles. The fraction of sp³-hybridized carbons (Fsp3) is 0.0625. The number of amides is 1. The summed E-state index contributed by atoms with van der Waals surface area (Å²) in [5.41, 5.74) is 1.46. The number of nitrogens with zero attached hydrogens (tertiary/aromatic N) is 1. The Balaban J connectivity index is 2.17. The molecule has 5 nitrogen and oxygen atoms in total. The van der Waals surface area contributed by atoms with Crippen molar-refractivity contribution >= 4 is 35.0 Å². The van der Waals surface area contributed by atoms with Crippen LogP contribution in [0.15, 0.2) is 54.1 Å². The first-order chi connectivity index (χ1) is 10.5. The van der Waals surface area contributed by atoms with Crippen LogP contribution in [0.4, 0.5) is 11.4 Å². The maximum Gasteiger partial charge on any atom is 0.289 e. The van der Waals surface area contributed by atoms with Crippen LogP contribution in [0.5, 0.6) is 0 Å². The molecule has 0 fully saturated rings. The molecule has 0 atom stereocenters. The molecule has 0 saturated heterocycles. The van der Waals surface area contributed by atoms with Crippen LogP contribution in [-0.4, -0.2) is 10.8 Å². The molecule has 1 amide bonds. The number of hydrogen-bond acceptors (Lipinski definition) is 3. The third-order valence-electron chi connectivity index (χ3n) is 2.94. The first-order valence-corrected chi connectivity index (χ1v) is 6.84. The summed E-state index contributed by atoms with van der Waals surface area (Å²) in [5.74, 6) is -0.333. The molecule has 0 aliphatic heterocycles. The lowest BCUT2D eigenvalue weighted by atomic mass is 10.1. The molecule has 0 heterocycles. The predicted molar refractivity (Wildman–Crippen MR) is 86.8 cm³/mol. The summed E-state index contributed by atoms with van der Waals surface area (Å²) < 4.78 is 0. The second-order valence-corrected chi connectivity index (χ2v) is 5.02. The molecule has 0 saturated carbocycles. The predicted octanol–water partition coefficient (Wildman–Crippen LogP) is 4.29. The fourth-order valence-corrected chi connectivity index (χ4v) is 2.01. The SMILES string of the molecule is C/C(=C\c1ccccc1)C(=O)Nc1ccc(Cl)c([N+](=O)[O-])c1. The van der Waals surface area contributed by atoms with Gasteiger partial charge in [0.15, 0.2) is 0 Å². The van der Waals surface area contributed by atoms with Gasteiger partial charge in [0.05, 0.1) is 4.92 Å². The van der Waals surface area contributed by atoms with Gasteiger partial charge in [-0.15, -0.1) is 0 Å². The number of nitrogens with one attached hydrogen (secondary N) is 1. The van der Waals surface area contributed by atoms with Gasteiger partial charge in [-0.1, -0.05) is 41.9 Å². The van der Waals surface area contributed by atoms with E-state index in [2.05, 4.69) is 5.32 Å². The van der Waals surface area contributed by atoms with E-state index in [0.717, 1.165) is 5.56 Å². The van der Waals surface area contributed by atoms with E-state index in [-0.39, 0.29) is 16.6 Å².